The molecular formula is C11H14Cl2FNO2. The molecule has 1 rings (SSSR count). The Kier molecular flexibility index (Phi) is 7.11. The van der Waals surface area contributed by atoms with E-state index in [1.54, 1.807) is 13.0 Å². The van der Waals surface area contributed by atoms with Gasteiger partial charge in [-0.1, -0.05) is 17.7 Å². The lowest BCUT2D eigenvalue weighted by molar-refractivity contribution is -0.144. The van der Waals surface area contributed by atoms with Gasteiger partial charge in [-0.15, -0.1) is 12.4 Å². The van der Waals surface area contributed by atoms with Crippen LogP contribution in [0, 0.1) is 5.82 Å². The first-order chi connectivity index (χ1) is 7.54. The molecule has 0 radical (unpaired) electrons. The zero-order valence-electron chi connectivity index (χ0n) is 9.28. The van der Waals surface area contributed by atoms with Gasteiger partial charge in [0.2, 0.25) is 0 Å². The van der Waals surface area contributed by atoms with Crippen LogP contribution in [0.25, 0.3) is 0 Å². The van der Waals surface area contributed by atoms with Gasteiger partial charge >= 0.3 is 5.97 Å². The maximum atomic E-state index is 12.9. The van der Waals surface area contributed by atoms with Gasteiger partial charge in [0, 0.05) is 0 Å². The number of benzene rings is 1. The van der Waals surface area contributed by atoms with E-state index in [0.29, 0.717) is 5.56 Å². The van der Waals surface area contributed by atoms with Crippen molar-refractivity contribution in [3.05, 3.63) is 34.6 Å². The fourth-order valence-corrected chi connectivity index (χ4v) is 1.46. The molecule has 0 aliphatic heterocycles. The highest BCUT2D eigenvalue weighted by molar-refractivity contribution is 6.30. The van der Waals surface area contributed by atoms with Crippen LogP contribution < -0.4 is 5.73 Å². The lowest BCUT2D eigenvalue weighted by Gasteiger charge is -2.10. The van der Waals surface area contributed by atoms with Gasteiger partial charge in [0.05, 0.1) is 11.6 Å². The van der Waals surface area contributed by atoms with Crippen molar-refractivity contribution in [2.75, 3.05) is 6.61 Å². The summed E-state index contributed by atoms with van der Waals surface area (Å²) in [4.78, 5) is 11.2. The van der Waals surface area contributed by atoms with Crippen molar-refractivity contribution < 1.29 is 13.9 Å². The minimum absolute atomic E-state index is 0. The van der Waals surface area contributed by atoms with Crippen molar-refractivity contribution >= 4 is 30.0 Å². The summed E-state index contributed by atoms with van der Waals surface area (Å²) < 4.78 is 17.6. The molecule has 96 valence electrons. The largest absolute Gasteiger partial charge is 0.465 e. The zero-order valence-corrected chi connectivity index (χ0v) is 10.9. The normalized spacial score (nSPS) is 11.5. The molecule has 0 aliphatic rings. The standard InChI is InChI=1S/C11H13ClFNO2.ClH/c1-2-16-11(15)10(14)6-7-3-4-9(13)8(12)5-7;/h3-5,10H,2,6,14H2,1H3;1H. The van der Waals surface area contributed by atoms with Crippen LogP contribution in [0.2, 0.25) is 5.02 Å². The first kappa shape index (κ1) is 16.2. The van der Waals surface area contributed by atoms with Crippen LogP contribution in [0.5, 0.6) is 0 Å². The second-order valence-corrected chi connectivity index (χ2v) is 3.72. The van der Waals surface area contributed by atoms with Crippen molar-refractivity contribution in [2.24, 2.45) is 5.73 Å². The van der Waals surface area contributed by atoms with E-state index >= 15 is 0 Å². The first-order valence-corrected chi connectivity index (χ1v) is 5.28. The van der Waals surface area contributed by atoms with Gasteiger partial charge in [0.1, 0.15) is 11.9 Å². The van der Waals surface area contributed by atoms with Crippen LogP contribution in [-0.4, -0.2) is 18.6 Å². The van der Waals surface area contributed by atoms with Crippen LogP contribution in [-0.2, 0) is 16.0 Å². The second-order valence-electron chi connectivity index (χ2n) is 3.31. The fourth-order valence-electron chi connectivity index (χ4n) is 1.25. The first-order valence-electron chi connectivity index (χ1n) is 4.90. The van der Waals surface area contributed by atoms with E-state index in [0.717, 1.165) is 0 Å². The van der Waals surface area contributed by atoms with Crippen molar-refractivity contribution in [3.63, 3.8) is 0 Å². The minimum atomic E-state index is -0.749. The molecule has 17 heavy (non-hydrogen) atoms. The Labute approximate surface area is 110 Å². The molecular weight excluding hydrogens is 268 g/mol. The van der Waals surface area contributed by atoms with E-state index < -0.39 is 17.8 Å². The molecule has 1 atom stereocenters. The summed E-state index contributed by atoms with van der Waals surface area (Å²) in [5.74, 6) is -0.960. The predicted molar refractivity (Wildman–Crippen MR) is 67.0 cm³/mol. The summed E-state index contributed by atoms with van der Waals surface area (Å²) in [5, 5.41) is 0.0218. The zero-order chi connectivity index (χ0) is 12.1. The number of esters is 1. The quantitative estimate of drug-likeness (QED) is 0.862. The number of hydrogen-bond acceptors (Lipinski definition) is 3. The number of carbonyl (C=O) groups is 1. The van der Waals surface area contributed by atoms with E-state index in [4.69, 9.17) is 22.1 Å². The van der Waals surface area contributed by atoms with Gasteiger partial charge in [-0.05, 0) is 31.0 Å². The summed E-state index contributed by atoms with van der Waals surface area (Å²) in [6, 6.07) is 3.49. The van der Waals surface area contributed by atoms with Crippen molar-refractivity contribution in [1.82, 2.24) is 0 Å². The lowest BCUT2D eigenvalue weighted by atomic mass is 10.1. The average Bonchev–Trinajstić information content (AvgIpc) is 2.24. The summed E-state index contributed by atoms with van der Waals surface area (Å²) in [7, 11) is 0. The molecule has 0 aromatic heterocycles. The molecule has 0 aliphatic carbocycles. The molecule has 6 heteroatoms. The highest BCUT2D eigenvalue weighted by atomic mass is 35.5. The van der Waals surface area contributed by atoms with Gasteiger partial charge < -0.3 is 10.5 Å². The van der Waals surface area contributed by atoms with Crippen LogP contribution in [0.3, 0.4) is 0 Å². The van der Waals surface area contributed by atoms with E-state index in [1.165, 1.54) is 12.1 Å². The Morgan fingerprint density at radius 2 is 2.24 bits per heavy atom. The maximum absolute atomic E-state index is 12.9. The third kappa shape index (κ3) is 4.89. The van der Waals surface area contributed by atoms with Gasteiger partial charge in [-0.2, -0.15) is 0 Å². The second kappa shape index (κ2) is 7.48. The van der Waals surface area contributed by atoms with Crippen LogP contribution in [0.15, 0.2) is 18.2 Å². The maximum Gasteiger partial charge on any atom is 0.323 e. The number of nitrogens with two attached hydrogens (primary N) is 1. The molecule has 0 bridgehead atoms. The van der Waals surface area contributed by atoms with E-state index in [2.05, 4.69) is 0 Å². The van der Waals surface area contributed by atoms with Gasteiger partial charge in [-0.3, -0.25) is 4.79 Å². The Bertz CT molecular complexity index is 388. The fraction of sp³-hybridized carbons (Fsp3) is 0.364. The number of carbonyl (C=O) groups excluding carboxylic acids is 1. The molecule has 2 N–H and O–H groups in total. The Balaban J connectivity index is 0.00000256. The average molecular weight is 282 g/mol. The Hall–Kier alpha value is -0.840. The summed E-state index contributed by atoms with van der Waals surface area (Å²) in [6.07, 6.45) is 0.277. The van der Waals surface area contributed by atoms with E-state index in [-0.39, 0.29) is 30.5 Å². The summed E-state index contributed by atoms with van der Waals surface area (Å²) in [6.45, 7) is 2.00. The highest BCUT2D eigenvalue weighted by Crippen LogP contribution is 2.16. The van der Waals surface area contributed by atoms with Gasteiger partial charge in [0.15, 0.2) is 0 Å². The minimum Gasteiger partial charge on any atom is -0.465 e. The van der Waals surface area contributed by atoms with E-state index in [1.807, 2.05) is 0 Å². The molecule has 0 spiro atoms. The number of rotatable bonds is 4. The molecule has 0 amide bonds. The van der Waals surface area contributed by atoms with Crippen LogP contribution in [0.4, 0.5) is 4.39 Å². The monoisotopic (exact) mass is 281 g/mol. The van der Waals surface area contributed by atoms with Crippen LogP contribution in [0.1, 0.15) is 12.5 Å². The lowest BCUT2D eigenvalue weighted by Crippen LogP contribution is -2.34. The molecule has 1 aromatic rings. The third-order valence-corrected chi connectivity index (χ3v) is 2.32. The Morgan fingerprint density at radius 1 is 1.59 bits per heavy atom. The van der Waals surface area contributed by atoms with Gasteiger partial charge in [0.25, 0.3) is 0 Å². The van der Waals surface area contributed by atoms with E-state index in [9.17, 15) is 9.18 Å². The molecule has 1 aromatic carbocycles. The van der Waals surface area contributed by atoms with Gasteiger partial charge in [-0.25, -0.2) is 4.39 Å². The van der Waals surface area contributed by atoms with Crippen molar-refractivity contribution in [2.45, 2.75) is 19.4 Å². The molecule has 0 fully saturated rings. The summed E-state index contributed by atoms with van der Waals surface area (Å²) in [5.41, 5.74) is 6.31. The highest BCUT2D eigenvalue weighted by Gasteiger charge is 2.15. The summed E-state index contributed by atoms with van der Waals surface area (Å²) >= 11 is 5.61. The molecule has 0 saturated carbocycles. The molecule has 1 unspecified atom stereocenters. The predicted octanol–water partition coefficient (Wildman–Crippen LogP) is 2.33. The molecule has 3 nitrogen and oxygen atoms in total. The Morgan fingerprint density at radius 3 is 2.76 bits per heavy atom. The van der Waals surface area contributed by atoms with Crippen molar-refractivity contribution in [3.8, 4) is 0 Å². The van der Waals surface area contributed by atoms with Crippen molar-refractivity contribution in [1.29, 1.82) is 0 Å². The third-order valence-electron chi connectivity index (χ3n) is 2.03. The van der Waals surface area contributed by atoms with Crippen LogP contribution >= 0.6 is 24.0 Å². The smallest absolute Gasteiger partial charge is 0.323 e. The molecule has 0 saturated heterocycles. The number of halogens is 3. The molecule has 0 heterocycles. The number of ether oxygens (including phenoxy) is 1. The SMILES string of the molecule is CCOC(=O)C(N)Cc1ccc(F)c(Cl)c1.Cl. The number of hydrogen-bond donors (Lipinski definition) is 1. The topological polar surface area (TPSA) is 52.3 Å².